The number of carbonyl (C=O) groups excluding carboxylic acids is 2. The lowest BCUT2D eigenvalue weighted by atomic mass is 10.1. The first-order chi connectivity index (χ1) is 11.2. The Morgan fingerprint density at radius 2 is 1.17 bits per heavy atom. The molecule has 0 heterocycles. The molecular formula is C18H34O5. The minimum atomic E-state index is -0.235. The topological polar surface area (TPSA) is 72.8 Å². The first-order valence-corrected chi connectivity index (χ1v) is 9.12. The van der Waals surface area contributed by atoms with Crippen LogP contribution in [0.4, 0.5) is 0 Å². The number of aliphatic hydroxyl groups is 1. The summed E-state index contributed by atoms with van der Waals surface area (Å²) in [5.74, 6) is -0.311. The van der Waals surface area contributed by atoms with E-state index in [1.807, 2.05) is 0 Å². The van der Waals surface area contributed by atoms with E-state index in [0.717, 1.165) is 51.4 Å². The summed E-state index contributed by atoms with van der Waals surface area (Å²) in [4.78, 5) is 22.7. The highest BCUT2D eigenvalue weighted by molar-refractivity contribution is 5.69. The summed E-state index contributed by atoms with van der Waals surface area (Å²) in [7, 11) is 0. The van der Waals surface area contributed by atoms with Gasteiger partial charge in [0.1, 0.15) is 6.61 Å². The van der Waals surface area contributed by atoms with Crippen molar-refractivity contribution in [3.8, 4) is 0 Å². The minimum absolute atomic E-state index is 0.0758. The Bertz CT molecular complexity index is 291. The number of rotatable bonds is 16. The average Bonchev–Trinajstić information content (AvgIpc) is 2.55. The summed E-state index contributed by atoms with van der Waals surface area (Å²) in [6.07, 6.45) is 11.3. The van der Waals surface area contributed by atoms with Gasteiger partial charge in [0, 0.05) is 12.8 Å². The number of hydrogen-bond acceptors (Lipinski definition) is 5. The molecule has 0 bridgehead atoms. The Morgan fingerprint density at radius 1 is 0.696 bits per heavy atom. The van der Waals surface area contributed by atoms with Gasteiger partial charge in [0.15, 0.2) is 0 Å². The highest BCUT2D eigenvalue weighted by Crippen LogP contribution is 2.10. The number of aliphatic hydroxyl groups excluding tert-OH is 1. The monoisotopic (exact) mass is 330 g/mol. The van der Waals surface area contributed by atoms with Crippen LogP contribution < -0.4 is 0 Å². The number of unbranched alkanes of at least 4 members (excludes halogenated alkanes) is 8. The zero-order chi connectivity index (χ0) is 17.2. The predicted octanol–water partition coefficient (Wildman–Crippen LogP) is 3.77. The Kier molecular flexibility index (Phi) is 16.4. The number of ether oxygens (including phenoxy) is 2. The van der Waals surface area contributed by atoms with Gasteiger partial charge in [-0.05, 0) is 19.3 Å². The van der Waals surface area contributed by atoms with Crippen molar-refractivity contribution in [1.29, 1.82) is 0 Å². The fourth-order valence-corrected chi connectivity index (χ4v) is 2.26. The maximum absolute atomic E-state index is 11.5. The van der Waals surface area contributed by atoms with E-state index in [1.165, 1.54) is 12.8 Å². The first-order valence-electron chi connectivity index (χ1n) is 9.12. The third kappa shape index (κ3) is 17.1. The van der Waals surface area contributed by atoms with Crippen LogP contribution in [0.2, 0.25) is 0 Å². The smallest absolute Gasteiger partial charge is 0.305 e. The molecule has 0 aliphatic heterocycles. The van der Waals surface area contributed by atoms with Crippen LogP contribution in [0.25, 0.3) is 0 Å². The average molecular weight is 330 g/mol. The van der Waals surface area contributed by atoms with Crippen molar-refractivity contribution in [3.05, 3.63) is 0 Å². The van der Waals surface area contributed by atoms with Crippen molar-refractivity contribution >= 4 is 11.9 Å². The Hall–Kier alpha value is -1.10. The standard InChI is InChI=1S/C18H34O5/c1-2-3-4-11-15-22-17(20)12-9-7-5-6-8-10-13-18(21)23-16-14-19/h19H,2-16H2,1H3. The summed E-state index contributed by atoms with van der Waals surface area (Å²) in [5, 5.41) is 8.52. The molecule has 0 aromatic carbocycles. The molecule has 0 aliphatic carbocycles. The summed E-state index contributed by atoms with van der Waals surface area (Å²) < 4.78 is 9.96. The molecule has 0 spiro atoms. The number of hydrogen-bond donors (Lipinski definition) is 1. The lowest BCUT2D eigenvalue weighted by molar-refractivity contribution is -0.145. The van der Waals surface area contributed by atoms with Crippen LogP contribution >= 0.6 is 0 Å². The van der Waals surface area contributed by atoms with Crippen molar-refractivity contribution in [3.63, 3.8) is 0 Å². The molecule has 23 heavy (non-hydrogen) atoms. The molecule has 0 saturated carbocycles. The normalized spacial score (nSPS) is 10.5. The molecule has 1 N–H and O–H groups in total. The van der Waals surface area contributed by atoms with Gasteiger partial charge in [-0.15, -0.1) is 0 Å². The molecule has 0 unspecified atom stereocenters. The molecule has 0 radical (unpaired) electrons. The van der Waals surface area contributed by atoms with E-state index in [4.69, 9.17) is 14.6 Å². The Labute approximate surface area is 140 Å². The quantitative estimate of drug-likeness (QED) is 0.344. The zero-order valence-corrected chi connectivity index (χ0v) is 14.7. The molecule has 136 valence electrons. The highest BCUT2D eigenvalue weighted by atomic mass is 16.5. The third-order valence-corrected chi connectivity index (χ3v) is 3.63. The van der Waals surface area contributed by atoms with Crippen molar-refractivity contribution in [2.24, 2.45) is 0 Å². The van der Waals surface area contributed by atoms with Crippen LogP contribution in [0.3, 0.4) is 0 Å². The fourth-order valence-electron chi connectivity index (χ4n) is 2.26. The van der Waals surface area contributed by atoms with E-state index < -0.39 is 0 Å². The van der Waals surface area contributed by atoms with Gasteiger partial charge in [-0.25, -0.2) is 0 Å². The number of carbonyl (C=O) groups is 2. The predicted molar refractivity (Wildman–Crippen MR) is 90.1 cm³/mol. The van der Waals surface area contributed by atoms with Gasteiger partial charge < -0.3 is 14.6 Å². The van der Waals surface area contributed by atoms with Gasteiger partial charge in [0.25, 0.3) is 0 Å². The van der Waals surface area contributed by atoms with E-state index in [9.17, 15) is 9.59 Å². The second-order valence-corrected chi connectivity index (χ2v) is 5.85. The van der Waals surface area contributed by atoms with Crippen LogP contribution in [0.1, 0.15) is 84.0 Å². The van der Waals surface area contributed by atoms with Crippen LogP contribution in [-0.2, 0) is 19.1 Å². The molecule has 0 atom stereocenters. The Morgan fingerprint density at radius 3 is 1.70 bits per heavy atom. The van der Waals surface area contributed by atoms with Gasteiger partial charge in [-0.1, -0.05) is 51.9 Å². The molecule has 5 nitrogen and oxygen atoms in total. The molecule has 0 fully saturated rings. The summed E-state index contributed by atoms with van der Waals surface area (Å²) in [5.41, 5.74) is 0. The maximum Gasteiger partial charge on any atom is 0.305 e. The molecule has 0 aromatic heterocycles. The highest BCUT2D eigenvalue weighted by Gasteiger charge is 2.03. The third-order valence-electron chi connectivity index (χ3n) is 3.63. The van der Waals surface area contributed by atoms with E-state index in [0.29, 0.717) is 19.4 Å². The molecule has 0 aromatic rings. The van der Waals surface area contributed by atoms with Gasteiger partial charge in [0.05, 0.1) is 13.2 Å². The van der Waals surface area contributed by atoms with Gasteiger partial charge in [-0.3, -0.25) is 9.59 Å². The van der Waals surface area contributed by atoms with Crippen LogP contribution in [0, 0.1) is 0 Å². The molecule has 0 rings (SSSR count). The SMILES string of the molecule is CCCCCCOC(=O)CCCCCCCCC(=O)OCCO. The second kappa shape index (κ2) is 17.3. The van der Waals surface area contributed by atoms with Crippen LogP contribution in [0.5, 0.6) is 0 Å². The minimum Gasteiger partial charge on any atom is -0.466 e. The zero-order valence-electron chi connectivity index (χ0n) is 14.7. The largest absolute Gasteiger partial charge is 0.466 e. The molecule has 0 saturated heterocycles. The van der Waals surface area contributed by atoms with Crippen molar-refractivity contribution < 1.29 is 24.2 Å². The maximum atomic E-state index is 11.5. The van der Waals surface area contributed by atoms with E-state index >= 15 is 0 Å². The fraction of sp³-hybridized carbons (Fsp3) is 0.889. The van der Waals surface area contributed by atoms with Gasteiger partial charge in [-0.2, -0.15) is 0 Å². The molecule has 5 heteroatoms. The summed E-state index contributed by atoms with van der Waals surface area (Å²) in [6.45, 7) is 2.70. The second-order valence-electron chi connectivity index (χ2n) is 5.85. The van der Waals surface area contributed by atoms with Crippen molar-refractivity contribution in [2.45, 2.75) is 84.0 Å². The van der Waals surface area contributed by atoms with E-state index in [2.05, 4.69) is 6.92 Å². The van der Waals surface area contributed by atoms with E-state index in [-0.39, 0.29) is 25.2 Å². The summed E-state index contributed by atoms with van der Waals surface area (Å²) >= 11 is 0. The molecule has 0 amide bonds. The lowest BCUT2D eigenvalue weighted by Gasteiger charge is -2.05. The number of esters is 2. The van der Waals surface area contributed by atoms with Gasteiger partial charge >= 0.3 is 11.9 Å². The van der Waals surface area contributed by atoms with Gasteiger partial charge in [0.2, 0.25) is 0 Å². The summed E-state index contributed by atoms with van der Waals surface area (Å²) in [6, 6.07) is 0. The Balaban J connectivity index is 3.23. The first kappa shape index (κ1) is 21.9. The van der Waals surface area contributed by atoms with Crippen LogP contribution in [0.15, 0.2) is 0 Å². The lowest BCUT2D eigenvalue weighted by Crippen LogP contribution is -2.07. The molecule has 0 aliphatic rings. The van der Waals surface area contributed by atoms with Crippen molar-refractivity contribution in [1.82, 2.24) is 0 Å². The van der Waals surface area contributed by atoms with E-state index in [1.54, 1.807) is 0 Å². The molecular weight excluding hydrogens is 296 g/mol. The van der Waals surface area contributed by atoms with Crippen molar-refractivity contribution in [2.75, 3.05) is 19.8 Å². The van der Waals surface area contributed by atoms with Crippen LogP contribution in [-0.4, -0.2) is 36.9 Å².